The van der Waals surface area contributed by atoms with Crippen molar-refractivity contribution in [2.24, 2.45) is 0 Å². The Morgan fingerprint density at radius 1 is 1.12 bits per heavy atom. The molecule has 0 bridgehead atoms. The van der Waals surface area contributed by atoms with E-state index < -0.39 is 0 Å². The van der Waals surface area contributed by atoms with Gasteiger partial charge >= 0.3 is 0 Å². The van der Waals surface area contributed by atoms with Gasteiger partial charge in [0, 0.05) is 18.5 Å². The van der Waals surface area contributed by atoms with Gasteiger partial charge in [0.1, 0.15) is 0 Å². The van der Waals surface area contributed by atoms with Gasteiger partial charge in [-0.2, -0.15) is 0 Å². The molecule has 0 aliphatic carbocycles. The summed E-state index contributed by atoms with van der Waals surface area (Å²) < 4.78 is 0. The van der Waals surface area contributed by atoms with Crippen LogP contribution in [0, 0.1) is 0 Å². The van der Waals surface area contributed by atoms with Gasteiger partial charge in [-0.05, 0) is 23.1 Å². The first-order valence-electron chi connectivity index (χ1n) is 9.00. The molecular formula is C19H31N4O2+. The number of piperazine rings is 1. The van der Waals surface area contributed by atoms with Crippen LogP contribution in [0.4, 0.5) is 0 Å². The van der Waals surface area contributed by atoms with Crippen LogP contribution in [0.15, 0.2) is 24.3 Å². The number of carbonyl (C=O) groups is 2. The normalized spacial score (nSPS) is 16.5. The fourth-order valence-electron chi connectivity index (χ4n) is 2.75. The van der Waals surface area contributed by atoms with E-state index in [0.717, 1.165) is 26.2 Å². The Balaban J connectivity index is 1.72. The molecule has 25 heavy (non-hydrogen) atoms. The molecule has 3 N–H and O–H groups in total. The summed E-state index contributed by atoms with van der Waals surface area (Å²) in [6.45, 7) is 10.6. The first-order valence-corrected chi connectivity index (χ1v) is 9.00. The van der Waals surface area contributed by atoms with Gasteiger partial charge in [0.2, 0.25) is 5.91 Å². The smallest absolute Gasteiger partial charge is 0.251 e. The highest BCUT2D eigenvalue weighted by atomic mass is 16.2. The van der Waals surface area contributed by atoms with E-state index >= 15 is 0 Å². The quantitative estimate of drug-likeness (QED) is 0.701. The van der Waals surface area contributed by atoms with Gasteiger partial charge in [-0.3, -0.25) is 15.0 Å². The largest absolute Gasteiger partial charge is 0.352 e. The summed E-state index contributed by atoms with van der Waals surface area (Å²) in [6, 6.07) is 7.64. The zero-order chi connectivity index (χ0) is 18.4. The van der Waals surface area contributed by atoms with Crippen molar-refractivity contribution in [1.29, 1.82) is 0 Å². The molecule has 1 aromatic rings. The Labute approximate surface area is 150 Å². The Morgan fingerprint density at radius 3 is 2.28 bits per heavy atom. The third-order valence-corrected chi connectivity index (χ3v) is 4.55. The predicted octanol–water partition coefficient (Wildman–Crippen LogP) is -0.0345. The summed E-state index contributed by atoms with van der Waals surface area (Å²) in [5.41, 5.74) is 4.79. The number of hydrogen-bond acceptors (Lipinski definition) is 3. The van der Waals surface area contributed by atoms with Gasteiger partial charge in [0.25, 0.3) is 5.91 Å². The summed E-state index contributed by atoms with van der Waals surface area (Å²) in [7, 11) is 2.16. The van der Waals surface area contributed by atoms with E-state index in [9.17, 15) is 9.59 Å². The maximum Gasteiger partial charge on any atom is 0.251 e. The third-order valence-electron chi connectivity index (χ3n) is 4.55. The van der Waals surface area contributed by atoms with Gasteiger partial charge in [0.15, 0.2) is 0 Å². The maximum atomic E-state index is 12.2. The highest BCUT2D eigenvalue weighted by Gasteiger charge is 2.18. The van der Waals surface area contributed by atoms with E-state index in [0.29, 0.717) is 12.1 Å². The molecular weight excluding hydrogens is 316 g/mol. The predicted molar refractivity (Wildman–Crippen MR) is 98.4 cm³/mol. The average Bonchev–Trinajstić information content (AvgIpc) is 2.56. The molecule has 138 valence electrons. The minimum absolute atomic E-state index is 0.0528. The lowest BCUT2D eigenvalue weighted by atomic mass is 9.87. The average molecular weight is 347 g/mol. The molecule has 1 saturated heterocycles. The van der Waals surface area contributed by atoms with Crippen LogP contribution in [0.3, 0.4) is 0 Å². The van der Waals surface area contributed by atoms with Crippen molar-refractivity contribution >= 4 is 11.8 Å². The van der Waals surface area contributed by atoms with Gasteiger partial charge in [-0.15, -0.1) is 0 Å². The fraction of sp³-hybridized carbons (Fsp3) is 0.579. The number of carbonyl (C=O) groups excluding carboxylic acids is 2. The van der Waals surface area contributed by atoms with Gasteiger partial charge in [-0.25, -0.2) is 5.01 Å². The van der Waals surface area contributed by atoms with E-state index in [1.165, 1.54) is 10.5 Å². The van der Waals surface area contributed by atoms with Crippen molar-refractivity contribution in [2.45, 2.75) is 32.6 Å². The van der Waals surface area contributed by atoms with E-state index in [4.69, 9.17) is 0 Å². The van der Waals surface area contributed by atoms with Crippen molar-refractivity contribution < 1.29 is 14.5 Å². The Hall–Kier alpha value is -1.92. The Morgan fingerprint density at radius 2 is 1.72 bits per heavy atom. The van der Waals surface area contributed by atoms with E-state index in [1.807, 2.05) is 29.3 Å². The monoisotopic (exact) mass is 347 g/mol. The number of nitrogens with one attached hydrogen (secondary N) is 3. The third kappa shape index (κ3) is 6.14. The summed E-state index contributed by atoms with van der Waals surface area (Å²) in [4.78, 5) is 25.6. The number of likely N-dealkylation sites (N-methyl/N-ethyl adjacent to an activating group) is 1. The molecule has 2 rings (SSSR count). The molecule has 0 saturated carbocycles. The fourth-order valence-corrected chi connectivity index (χ4v) is 2.75. The van der Waals surface area contributed by atoms with Gasteiger partial charge < -0.3 is 10.2 Å². The van der Waals surface area contributed by atoms with Crippen LogP contribution in [0.5, 0.6) is 0 Å². The van der Waals surface area contributed by atoms with Crippen molar-refractivity contribution in [2.75, 3.05) is 39.8 Å². The molecule has 1 heterocycles. The molecule has 0 atom stereocenters. The van der Waals surface area contributed by atoms with Crippen LogP contribution < -0.4 is 15.6 Å². The Kier molecular flexibility index (Phi) is 6.56. The number of rotatable bonds is 5. The van der Waals surface area contributed by atoms with E-state index in [-0.39, 0.29) is 23.7 Å². The van der Waals surface area contributed by atoms with Crippen LogP contribution in [0.25, 0.3) is 0 Å². The topological polar surface area (TPSA) is 65.9 Å². The molecule has 1 fully saturated rings. The molecule has 6 nitrogen and oxygen atoms in total. The Bertz CT molecular complexity index is 584. The van der Waals surface area contributed by atoms with Crippen LogP contribution >= 0.6 is 0 Å². The lowest BCUT2D eigenvalue weighted by Gasteiger charge is -2.30. The lowest BCUT2D eigenvalue weighted by Crippen LogP contribution is -3.12. The zero-order valence-electron chi connectivity index (χ0n) is 15.8. The van der Waals surface area contributed by atoms with Crippen LogP contribution in [0.1, 0.15) is 43.1 Å². The molecule has 0 spiro atoms. The van der Waals surface area contributed by atoms with Crippen molar-refractivity contribution in [3.8, 4) is 0 Å². The lowest BCUT2D eigenvalue weighted by molar-refractivity contribution is -0.884. The summed E-state index contributed by atoms with van der Waals surface area (Å²) >= 11 is 0. The zero-order valence-corrected chi connectivity index (χ0v) is 15.8. The molecule has 2 amide bonds. The molecule has 0 aromatic heterocycles. The number of hydrazine groups is 1. The SMILES string of the molecule is C[NH+]1CCN(NC(=O)CCNC(=O)c2ccc(C(C)(C)C)cc2)CC1. The molecule has 0 radical (unpaired) electrons. The highest BCUT2D eigenvalue weighted by Crippen LogP contribution is 2.22. The summed E-state index contributed by atoms with van der Waals surface area (Å²) in [6.07, 6.45) is 0.283. The molecule has 1 aromatic carbocycles. The molecule has 1 aliphatic heterocycles. The minimum Gasteiger partial charge on any atom is -0.352 e. The highest BCUT2D eigenvalue weighted by molar-refractivity contribution is 5.94. The molecule has 6 heteroatoms. The second-order valence-corrected chi connectivity index (χ2v) is 7.81. The van der Waals surface area contributed by atoms with Gasteiger partial charge in [0.05, 0.1) is 33.2 Å². The molecule has 1 aliphatic rings. The number of nitrogens with zero attached hydrogens (tertiary/aromatic N) is 1. The summed E-state index contributed by atoms with van der Waals surface area (Å²) in [5.74, 6) is -0.195. The van der Waals surface area contributed by atoms with Crippen molar-refractivity contribution in [1.82, 2.24) is 15.8 Å². The minimum atomic E-state index is -0.142. The standard InChI is InChI=1S/C19H30N4O2/c1-19(2,3)16-7-5-15(6-8-16)18(25)20-10-9-17(24)21-23-13-11-22(4)12-14-23/h5-8H,9-14H2,1-4H3,(H,20,25)(H,21,24)/p+1. The van der Waals surface area contributed by atoms with E-state index in [2.05, 4.69) is 38.6 Å². The maximum absolute atomic E-state index is 12.2. The second-order valence-electron chi connectivity index (χ2n) is 7.81. The number of quaternary nitrogens is 1. The number of benzene rings is 1. The van der Waals surface area contributed by atoms with Crippen LogP contribution in [-0.2, 0) is 10.2 Å². The van der Waals surface area contributed by atoms with E-state index in [1.54, 1.807) is 0 Å². The number of hydrogen-bond donors (Lipinski definition) is 3. The van der Waals surface area contributed by atoms with Crippen molar-refractivity contribution in [3.05, 3.63) is 35.4 Å². The van der Waals surface area contributed by atoms with Gasteiger partial charge in [-0.1, -0.05) is 32.9 Å². The van der Waals surface area contributed by atoms with Crippen LogP contribution in [-0.4, -0.2) is 56.6 Å². The first kappa shape index (κ1) is 19.4. The summed E-state index contributed by atoms with van der Waals surface area (Å²) in [5, 5.41) is 4.77. The second kappa shape index (κ2) is 8.45. The van der Waals surface area contributed by atoms with Crippen molar-refractivity contribution in [3.63, 3.8) is 0 Å². The van der Waals surface area contributed by atoms with Crippen LogP contribution in [0.2, 0.25) is 0 Å². The first-order chi connectivity index (χ1) is 11.8. The number of amides is 2. The molecule has 0 unspecified atom stereocenters.